The summed E-state index contributed by atoms with van der Waals surface area (Å²) in [5.74, 6) is 0.489. The van der Waals surface area contributed by atoms with Gasteiger partial charge in [0.1, 0.15) is 0 Å². The van der Waals surface area contributed by atoms with E-state index in [-0.39, 0.29) is 12.0 Å². The van der Waals surface area contributed by atoms with Crippen molar-refractivity contribution in [3.63, 3.8) is 0 Å². The van der Waals surface area contributed by atoms with E-state index in [0.717, 1.165) is 18.5 Å². The highest BCUT2D eigenvalue weighted by atomic mass is 16.5. The molecule has 6 nitrogen and oxygen atoms in total. The number of ether oxygens (including phenoxy) is 1. The first-order valence-corrected chi connectivity index (χ1v) is 7.52. The Labute approximate surface area is 129 Å². The molecule has 0 saturated carbocycles. The Bertz CT molecular complexity index is 618. The van der Waals surface area contributed by atoms with Crippen LogP contribution in [0, 0.1) is 0 Å². The molecule has 0 radical (unpaired) electrons. The van der Waals surface area contributed by atoms with Gasteiger partial charge < -0.3 is 14.2 Å². The number of amides is 1. The van der Waals surface area contributed by atoms with Gasteiger partial charge in [0.25, 0.3) is 5.91 Å². The molecule has 0 atom stereocenters. The highest BCUT2D eigenvalue weighted by molar-refractivity contribution is 5.90. The molecule has 2 aromatic heterocycles. The van der Waals surface area contributed by atoms with Gasteiger partial charge in [0.2, 0.25) is 0 Å². The van der Waals surface area contributed by atoms with E-state index in [1.54, 1.807) is 23.2 Å². The molecule has 1 aliphatic rings. The number of pyridine rings is 1. The van der Waals surface area contributed by atoms with Crippen molar-refractivity contribution in [2.75, 3.05) is 13.1 Å². The SMILES string of the molecule is Cn1ccnc1C(=O)N1CCC(OCc2ccccn2)CC1. The first-order valence-electron chi connectivity index (χ1n) is 7.52. The molecular formula is C16H20N4O2. The van der Waals surface area contributed by atoms with Crippen LogP contribution in [0.15, 0.2) is 36.8 Å². The number of aryl methyl sites for hydroxylation is 1. The highest BCUT2D eigenvalue weighted by Gasteiger charge is 2.26. The third-order valence-electron chi connectivity index (χ3n) is 3.93. The molecule has 1 amide bonds. The molecule has 1 aliphatic heterocycles. The summed E-state index contributed by atoms with van der Waals surface area (Å²) in [6.07, 6.45) is 7.09. The number of piperidine rings is 1. The Hall–Kier alpha value is -2.21. The number of hydrogen-bond donors (Lipinski definition) is 0. The summed E-state index contributed by atoms with van der Waals surface area (Å²) in [6, 6.07) is 5.81. The normalized spacial score (nSPS) is 16.0. The summed E-state index contributed by atoms with van der Waals surface area (Å²) in [5.41, 5.74) is 0.939. The fourth-order valence-electron chi connectivity index (χ4n) is 2.63. The smallest absolute Gasteiger partial charge is 0.289 e. The third-order valence-corrected chi connectivity index (χ3v) is 3.93. The van der Waals surface area contributed by atoms with Gasteiger partial charge in [0, 0.05) is 38.7 Å². The predicted octanol–water partition coefficient (Wildman–Crippen LogP) is 1.64. The van der Waals surface area contributed by atoms with E-state index in [0.29, 0.717) is 25.5 Å². The minimum absolute atomic E-state index is 0.00400. The summed E-state index contributed by atoms with van der Waals surface area (Å²) in [6.45, 7) is 1.94. The number of rotatable bonds is 4. The van der Waals surface area contributed by atoms with Crippen molar-refractivity contribution >= 4 is 5.91 Å². The molecule has 0 aromatic carbocycles. The lowest BCUT2D eigenvalue weighted by molar-refractivity contribution is -0.00193. The van der Waals surface area contributed by atoms with E-state index in [1.807, 2.05) is 30.1 Å². The number of aromatic nitrogens is 3. The maximum Gasteiger partial charge on any atom is 0.289 e. The molecule has 116 valence electrons. The van der Waals surface area contributed by atoms with Crippen LogP contribution in [0.5, 0.6) is 0 Å². The van der Waals surface area contributed by atoms with Gasteiger partial charge in [-0.3, -0.25) is 9.78 Å². The summed E-state index contributed by atoms with van der Waals surface area (Å²) in [7, 11) is 1.84. The number of carbonyl (C=O) groups is 1. The van der Waals surface area contributed by atoms with Crippen LogP contribution >= 0.6 is 0 Å². The van der Waals surface area contributed by atoms with Gasteiger partial charge in [-0.25, -0.2) is 4.98 Å². The molecule has 22 heavy (non-hydrogen) atoms. The Kier molecular flexibility index (Phi) is 4.48. The van der Waals surface area contributed by atoms with Crippen LogP contribution in [0.3, 0.4) is 0 Å². The lowest BCUT2D eigenvalue weighted by atomic mass is 10.1. The van der Waals surface area contributed by atoms with E-state index in [9.17, 15) is 4.79 Å². The van der Waals surface area contributed by atoms with Crippen molar-refractivity contribution < 1.29 is 9.53 Å². The Morgan fingerprint density at radius 1 is 1.27 bits per heavy atom. The van der Waals surface area contributed by atoms with E-state index in [4.69, 9.17) is 4.74 Å². The molecule has 0 N–H and O–H groups in total. The van der Waals surface area contributed by atoms with Crippen LogP contribution < -0.4 is 0 Å². The molecule has 0 aliphatic carbocycles. The maximum absolute atomic E-state index is 12.4. The van der Waals surface area contributed by atoms with Crippen molar-refractivity contribution in [3.05, 3.63) is 48.3 Å². The second-order valence-electron chi connectivity index (χ2n) is 5.49. The van der Waals surface area contributed by atoms with Gasteiger partial charge in [-0.15, -0.1) is 0 Å². The molecule has 3 rings (SSSR count). The average molecular weight is 300 g/mol. The summed E-state index contributed by atoms with van der Waals surface area (Å²) < 4.78 is 7.65. The minimum atomic E-state index is -0.00400. The predicted molar refractivity (Wildman–Crippen MR) is 81.2 cm³/mol. The zero-order valence-corrected chi connectivity index (χ0v) is 12.7. The molecule has 3 heterocycles. The largest absolute Gasteiger partial charge is 0.372 e. The molecule has 0 spiro atoms. The van der Waals surface area contributed by atoms with Crippen molar-refractivity contribution in [2.24, 2.45) is 7.05 Å². The maximum atomic E-state index is 12.4. The molecule has 1 saturated heterocycles. The second kappa shape index (κ2) is 6.70. The molecular weight excluding hydrogens is 280 g/mol. The Morgan fingerprint density at radius 3 is 2.73 bits per heavy atom. The number of imidazole rings is 1. The zero-order valence-electron chi connectivity index (χ0n) is 12.7. The van der Waals surface area contributed by atoms with Crippen LogP contribution in [-0.4, -0.2) is 44.5 Å². The van der Waals surface area contributed by atoms with Crippen molar-refractivity contribution in [3.8, 4) is 0 Å². The van der Waals surface area contributed by atoms with Crippen LogP contribution in [0.25, 0.3) is 0 Å². The topological polar surface area (TPSA) is 60.2 Å². The fraction of sp³-hybridized carbons (Fsp3) is 0.438. The first-order chi connectivity index (χ1) is 10.7. The van der Waals surface area contributed by atoms with Gasteiger partial charge in [-0.05, 0) is 25.0 Å². The van der Waals surface area contributed by atoms with E-state index >= 15 is 0 Å². The summed E-state index contributed by atoms with van der Waals surface area (Å²) in [5, 5.41) is 0. The highest BCUT2D eigenvalue weighted by Crippen LogP contribution is 2.17. The average Bonchev–Trinajstić information content (AvgIpc) is 3.00. The standard InChI is InChI=1S/C16H20N4O2/c1-19-11-8-18-15(19)16(21)20-9-5-14(6-10-20)22-12-13-4-2-3-7-17-13/h2-4,7-8,11,14H,5-6,9-10,12H2,1H3. The Morgan fingerprint density at radius 2 is 2.09 bits per heavy atom. The first kappa shape index (κ1) is 14.7. The van der Waals surface area contributed by atoms with Crippen molar-refractivity contribution in [1.29, 1.82) is 0 Å². The fourth-order valence-corrected chi connectivity index (χ4v) is 2.63. The lowest BCUT2D eigenvalue weighted by Gasteiger charge is -2.31. The number of carbonyl (C=O) groups excluding carboxylic acids is 1. The van der Waals surface area contributed by atoms with Gasteiger partial charge in [0.05, 0.1) is 18.4 Å². The van der Waals surface area contributed by atoms with Crippen LogP contribution in [0.4, 0.5) is 0 Å². The number of nitrogens with zero attached hydrogens (tertiary/aromatic N) is 4. The minimum Gasteiger partial charge on any atom is -0.372 e. The second-order valence-corrected chi connectivity index (χ2v) is 5.49. The van der Waals surface area contributed by atoms with E-state index in [2.05, 4.69) is 9.97 Å². The van der Waals surface area contributed by atoms with Crippen molar-refractivity contribution in [1.82, 2.24) is 19.4 Å². The van der Waals surface area contributed by atoms with Crippen molar-refractivity contribution in [2.45, 2.75) is 25.6 Å². The molecule has 0 bridgehead atoms. The Balaban J connectivity index is 1.48. The number of hydrogen-bond acceptors (Lipinski definition) is 4. The molecule has 0 unspecified atom stereocenters. The zero-order chi connectivity index (χ0) is 15.4. The summed E-state index contributed by atoms with van der Waals surface area (Å²) in [4.78, 5) is 22.6. The number of likely N-dealkylation sites (tertiary alicyclic amines) is 1. The van der Waals surface area contributed by atoms with E-state index in [1.165, 1.54) is 0 Å². The van der Waals surface area contributed by atoms with Crippen LogP contribution in [0.1, 0.15) is 29.2 Å². The van der Waals surface area contributed by atoms with Gasteiger partial charge in [0.15, 0.2) is 5.82 Å². The monoisotopic (exact) mass is 300 g/mol. The molecule has 2 aromatic rings. The van der Waals surface area contributed by atoms with E-state index < -0.39 is 0 Å². The van der Waals surface area contributed by atoms with Gasteiger partial charge >= 0.3 is 0 Å². The molecule has 1 fully saturated rings. The lowest BCUT2D eigenvalue weighted by Crippen LogP contribution is -2.41. The molecule has 6 heteroatoms. The van der Waals surface area contributed by atoms with Gasteiger partial charge in [-0.2, -0.15) is 0 Å². The summed E-state index contributed by atoms with van der Waals surface area (Å²) >= 11 is 0. The third kappa shape index (κ3) is 3.33. The van der Waals surface area contributed by atoms with Crippen LogP contribution in [-0.2, 0) is 18.4 Å². The van der Waals surface area contributed by atoms with Gasteiger partial charge in [-0.1, -0.05) is 6.07 Å². The van der Waals surface area contributed by atoms with Crippen LogP contribution in [0.2, 0.25) is 0 Å². The quantitative estimate of drug-likeness (QED) is 0.861.